The van der Waals surface area contributed by atoms with Gasteiger partial charge in [0.15, 0.2) is 0 Å². The molecule has 0 radical (unpaired) electrons. The van der Waals surface area contributed by atoms with Crippen LogP contribution in [0.1, 0.15) is 17.7 Å². The molecule has 0 spiro atoms. The Hall–Kier alpha value is -0.780. The van der Waals surface area contributed by atoms with Crippen LogP contribution in [0.25, 0.3) is 0 Å². The fraction of sp³-hybridized carbons (Fsp3) is 0.400. The van der Waals surface area contributed by atoms with Crippen LogP contribution in [-0.2, 0) is 4.74 Å². The summed E-state index contributed by atoms with van der Waals surface area (Å²) in [5.74, 6) is 6.23. The number of ether oxygens (including phenoxy) is 1. The maximum absolute atomic E-state index is 5.38. The van der Waals surface area contributed by atoms with Crippen molar-refractivity contribution in [3.63, 3.8) is 0 Å². The lowest BCUT2D eigenvalue weighted by molar-refractivity contribution is 0.152. The van der Waals surface area contributed by atoms with Gasteiger partial charge in [-0.05, 0) is 24.3 Å². The van der Waals surface area contributed by atoms with E-state index in [2.05, 4.69) is 11.8 Å². The smallest absolute Gasteiger partial charge is 0.118 e. The second-order valence-corrected chi connectivity index (χ2v) is 3.70. The highest BCUT2D eigenvalue weighted by atomic mass is 32.1. The zero-order chi connectivity index (χ0) is 8.23. The summed E-state index contributed by atoms with van der Waals surface area (Å²) in [6.07, 6.45) is 2.44. The van der Waals surface area contributed by atoms with Crippen LogP contribution < -0.4 is 0 Å². The van der Waals surface area contributed by atoms with E-state index in [0.29, 0.717) is 0 Å². The van der Waals surface area contributed by atoms with Gasteiger partial charge in [-0.2, -0.15) is 0 Å². The Labute approximate surface area is 76.4 Å². The molecule has 1 aliphatic heterocycles. The Morgan fingerprint density at radius 3 is 3.25 bits per heavy atom. The average Bonchev–Trinajstić information content (AvgIpc) is 2.74. The van der Waals surface area contributed by atoms with Crippen molar-refractivity contribution < 1.29 is 4.74 Å². The second kappa shape index (κ2) is 3.75. The molecule has 0 amide bonds. The zero-order valence-electron chi connectivity index (χ0n) is 6.75. The largest absolute Gasteiger partial charge is 0.366 e. The van der Waals surface area contributed by atoms with E-state index in [1.54, 1.807) is 11.3 Å². The third-order valence-electron chi connectivity index (χ3n) is 1.81. The Morgan fingerprint density at radius 2 is 2.58 bits per heavy atom. The molecule has 1 fully saturated rings. The number of hydrogen-bond acceptors (Lipinski definition) is 2. The molecule has 0 aromatic carbocycles. The molecule has 1 aromatic heterocycles. The van der Waals surface area contributed by atoms with E-state index >= 15 is 0 Å². The Balaban J connectivity index is 2.00. The van der Waals surface area contributed by atoms with Gasteiger partial charge in [0.2, 0.25) is 0 Å². The van der Waals surface area contributed by atoms with Crippen LogP contribution in [0.4, 0.5) is 0 Å². The SMILES string of the molecule is C(#C[C@H]1CCCO1)c1cccs1. The molecule has 1 atom stereocenters. The maximum Gasteiger partial charge on any atom is 0.118 e. The number of hydrogen-bond donors (Lipinski definition) is 0. The number of thiophene rings is 1. The summed E-state index contributed by atoms with van der Waals surface area (Å²) in [6.45, 7) is 0.879. The Bertz CT molecular complexity index is 285. The molecule has 2 heterocycles. The fourth-order valence-electron chi connectivity index (χ4n) is 1.19. The molecule has 1 saturated heterocycles. The lowest BCUT2D eigenvalue weighted by Gasteiger charge is -1.95. The predicted molar refractivity (Wildman–Crippen MR) is 50.2 cm³/mol. The summed E-state index contributed by atoms with van der Waals surface area (Å²) < 4.78 is 5.38. The molecule has 2 rings (SSSR count). The third-order valence-corrected chi connectivity index (χ3v) is 2.59. The van der Waals surface area contributed by atoms with Crippen LogP contribution in [0.15, 0.2) is 17.5 Å². The van der Waals surface area contributed by atoms with Gasteiger partial charge in [-0.25, -0.2) is 0 Å². The van der Waals surface area contributed by atoms with Crippen LogP contribution in [0.5, 0.6) is 0 Å². The molecule has 62 valence electrons. The van der Waals surface area contributed by atoms with Crippen molar-refractivity contribution >= 4 is 11.3 Å². The summed E-state index contributed by atoms with van der Waals surface area (Å²) in [7, 11) is 0. The first-order valence-corrected chi connectivity index (χ1v) is 5.00. The topological polar surface area (TPSA) is 9.23 Å². The normalized spacial score (nSPS) is 21.8. The van der Waals surface area contributed by atoms with Gasteiger partial charge in [0.05, 0.1) is 4.88 Å². The molecule has 2 heteroatoms. The van der Waals surface area contributed by atoms with Crippen molar-refractivity contribution in [2.45, 2.75) is 18.9 Å². The van der Waals surface area contributed by atoms with Crippen molar-refractivity contribution in [1.82, 2.24) is 0 Å². The molecule has 0 unspecified atom stereocenters. The minimum Gasteiger partial charge on any atom is -0.366 e. The Morgan fingerprint density at radius 1 is 1.58 bits per heavy atom. The summed E-state index contributed by atoms with van der Waals surface area (Å²) >= 11 is 1.68. The van der Waals surface area contributed by atoms with Gasteiger partial charge in [0.25, 0.3) is 0 Å². The summed E-state index contributed by atoms with van der Waals surface area (Å²) in [4.78, 5) is 1.13. The molecule has 12 heavy (non-hydrogen) atoms. The van der Waals surface area contributed by atoms with Crippen LogP contribution in [0.2, 0.25) is 0 Å². The van der Waals surface area contributed by atoms with Crippen molar-refractivity contribution in [3.05, 3.63) is 22.4 Å². The zero-order valence-corrected chi connectivity index (χ0v) is 7.56. The quantitative estimate of drug-likeness (QED) is 0.554. The van der Waals surface area contributed by atoms with Crippen molar-refractivity contribution in [3.8, 4) is 11.8 Å². The van der Waals surface area contributed by atoms with E-state index in [4.69, 9.17) is 4.74 Å². The van der Waals surface area contributed by atoms with Gasteiger partial charge < -0.3 is 4.74 Å². The van der Waals surface area contributed by atoms with Crippen LogP contribution in [-0.4, -0.2) is 12.7 Å². The van der Waals surface area contributed by atoms with Crippen molar-refractivity contribution in [2.75, 3.05) is 6.61 Å². The molecule has 1 aliphatic rings. The fourth-order valence-corrected chi connectivity index (χ4v) is 1.77. The van der Waals surface area contributed by atoms with Crippen molar-refractivity contribution in [2.24, 2.45) is 0 Å². The molecule has 0 N–H and O–H groups in total. The summed E-state index contributed by atoms with van der Waals surface area (Å²) in [6, 6.07) is 4.05. The summed E-state index contributed by atoms with van der Waals surface area (Å²) in [5.41, 5.74) is 0. The van der Waals surface area contributed by atoms with Gasteiger partial charge in [-0.1, -0.05) is 17.9 Å². The van der Waals surface area contributed by atoms with Crippen LogP contribution in [0, 0.1) is 11.8 Å². The van der Waals surface area contributed by atoms with E-state index in [-0.39, 0.29) is 6.10 Å². The van der Waals surface area contributed by atoms with Crippen molar-refractivity contribution in [1.29, 1.82) is 0 Å². The number of rotatable bonds is 0. The average molecular weight is 178 g/mol. The lowest BCUT2D eigenvalue weighted by Crippen LogP contribution is -1.99. The maximum atomic E-state index is 5.38. The Kier molecular flexibility index (Phi) is 2.45. The van der Waals surface area contributed by atoms with E-state index in [0.717, 1.165) is 24.3 Å². The standard InChI is InChI=1S/C10H10OS/c1-3-9(11-7-1)5-6-10-4-2-8-12-10/h2,4,8-9H,1,3,7H2/t9-/m1/s1. The van der Waals surface area contributed by atoms with Crippen LogP contribution >= 0.6 is 11.3 Å². The second-order valence-electron chi connectivity index (χ2n) is 2.75. The third kappa shape index (κ3) is 1.88. The minimum absolute atomic E-state index is 0.187. The molecule has 0 aliphatic carbocycles. The highest BCUT2D eigenvalue weighted by Crippen LogP contribution is 2.11. The van der Waals surface area contributed by atoms with E-state index < -0.39 is 0 Å². The molecule has 1 aromatic rings. The van der Waals surface area contributed by atoms with Gasteiger partial charge >= 0.3 is 0 Å². The predicted octanol–water partition coefficient (Wildman–Crippen LogP) is 2.28. The summed E-state index contributed by atoms with van der Waals surface area (Å²) in [5, 5.41) is 2.04. The molecule has 0 bridgehead atoms. The first kappa shape index (κ1) is 7.85. The molecular weight excluding hydrogens is 168 g/mol. The first-order chi connectivity index (χ1) is 5.95. The van der Waals surface area contributed by atoms with Gasteiger partial charge in [-0.15, -0.1) is 11.3 Å². The molecule has 1 nitrogen and oxygen atoms in total. The van der Waals surface area contributed by atoms with E-state index in [1.807, 2.05) is 17.5 Å². The highest BCUT2D eigenvalue weighted by Gasteiger charge is 2.11. The van der Waals surface area contributed by atoms with Gasteiger partial charge in [0.1, 0.15) is 6.10 Å². The van der Waals surface area contributed by atoms with E-state index in [9.17, 15) is 0 Å². The molecular formula is C10H10OS. The van der Waals surface area contributed by atoms with Gasteiger partial charge in [0, 0.05) is 6.61 Å². The first-order valence-electron chi connectivity index (χ1n) is 4.12. The van der Waals surface area contributed by atoms with Crippen LogP contribution in [0.3, 0.4) is 0 Å². The highest BCUT2D eigenvalue weighted by molar-refractivity contribution is 7.10. The van der Waals surface area contributed by atoms with E-state index in [1.165, 1.54) is 0 Å². The van der Waals surface area contributed by atoms with Gasteiger partial charge in [-0.3, -0.25) is 0 Å². The molecule has 0 saturated carbocycles. The minimum atomic E-state index is 0.187. The monoisotopic (exact) mass is 178 g/mol. The lowest BCUT2D eigenvalue weighted by atomic mass is 10.2.